The lowest BCUT2D eigenvalue weighted by Crippen LogP contribution is -2.44. The van der Waals surface area contributed by atoms with Gasteiger partial charge in [-0.3, -0.25) is 4.90 Å². The fraction of sp³-hybridized carbons (Fsp3) is 0.619. The smallest absolute Gasteiger partial charge is 0.135 e. The molecule has 1 saturated heterocycles. The Morgan fingerprint density at radius 2 is 1.85 bits per heavy atom. The normalized spacial score (nSPS) is 24.4. The Kier molecular flexibility index (Phi) is 5.45. The summed E-state index contributed by atoms with van der Waals surface area (Å²) < 4.78 is 11.2. The number of aromatic nitrogens is 2. The maximum atomic E-state index is 6.28. The first-order valence-corrected chi connectivity index (χ1v) is 10.2. The topological polar surface area (TPSA) is 73.5 Å². The first-order valence-electron chi connectivity index (χ1n) is 10.2. The Morgan fingerprint density at radius 3 is 2.56 bits per heavy atom. The zero-order valence-electron chi connectivity index (χ0n) is 16.4. The predicted octanol–water partition coefficient (Wildman–Crippen LogP) is 3.36. The van der Waals surface area contributed by atoms with Crippen LogP contribution in [0.2, 0.25) is 0 Å². The van der Waals surface area contributed by atoms with Crippen molar-refractivity contribution < 1.29 is 9.47 Å². The molecule has 146 valence electrons. The number of hydrogen-bond donors (Lipinski definition) is 1. The van der Waals surface area contributed by atoms with Crippen LogP contribution in [0.1, 0.15) is 51.3 Å². The van der Waals surface area contributed by atoms with Gasteiger partial charge in [-0.2, -0.15) is 0 Å². The third-order valence-electron chi connectivity index (χ3n) is 5.71. The van der Waals surface area contributed by atoms with Crippen molar-refractivity contribution in [3.63, 3.8) is 0 Å². The van der Waals surface area contributed by atoms with Crippen LogP contribution in [0.15, 0.2) is 18.2 Å². The predicted molar refractivity (Wildman–Crippen MR) is 107 cm³/mol. The van der Waals surface area contributed by atoms with Crippen LogP contribution in [0, 0.1) is 0 Å². The van der Waals surface area contributed by atoms with Crippen LogP contribution in [0.5, 0.6) is 5.75 Å². The van der Waals surface area contributed by atoms with E-state index >= 15 is 0 Å². The van der Waals surface area contributed by atoms with E-state index in [0.717, 1.165) is 61.6 Å². The molecule has 0 amide bonds. The van der Waals surface area contributed by atoms with Crippen molar-refractivity contribution in [3.8, 4) is 5.75 Å². The summed E-state index contributed by atoms with van der Waals surface area (Å²) in [5.74, 6) is 2.67. The van der Waals surface area contributed by atoms with E-state index in [-0.39, 0.29) is 6.10 Å². The molecule has 1 aliphatic heterocycles. The Labute approximate surface area is 161 Å². The number of hydrogen-bond acceptors (Lipinski definition) is 6. The van der Waals surface area contributed by atoms with Crippen molar-refractivity contribution in [3.05, 3.63) is 24.0 Å². The molecule has 2 N–H and O–H groups in total. The summed E-state index contributed by atoms with van der Waals surface area (Å²) in [4.78, 5) is 12.1. The lowest BCUT2D eigenvalue weighted by molar-refractivity contribution is 0.00712. The fourth-order valence-electron chi connectivity index (χ4n) is 4.32. The van der Waals surface area contributed by atoms with Crippen LogP contribution < -0.4 is 10.5 Å². The maximum absolute atomic E-state index is 6.28. The molecular weight excluding hydrogens is 340 g/mol. The Bertz CT molecular complexity index is 781. The zero-order chi connectivity index (χ0) is 18.8. The quantitative estimate of drug-likeness (QED) is 0.890. The summed E-state index contributed by atoms with van der Waals surface area (Å²) in [6.07, 6.45) is 4.79. The van der Waals surface area contributed by atoms with Crippen molar-refractivity contribution in [1.82, 2.24) is 14.9 Å². The molecule has 6 nitrogen and oxygen atoms in total. The van der Waals surface area contributed by atoms with Gasteiger partial charge in [-0.25, -0.2) is 9.97 Å². The summed E-state index contributed by atoms with van der Waals surface area (Å²) >= 11 is 0. The van der Waals surface area contributed by atoms with Gasteiger partial charge in [-0.15, -0.1) is 0 Å². The highest BCUT2D eigenvalue weighted by molar-refractivity contribution is 5.89. The SMILES string of the molecule is CC(C)Oc1ccc2nc(C3CCC(N4CCOCC4)CC3)nc(N)c2c1. The lowest BCUT2D eigenvalue weighted by atomic mass is 9.84. The molecule has 2 fully saturated rings. The molecule has 27 heavy (non-hydrogen) atoms. The Morgan fingerprint density at radius 1 is 1.11 bits per heavy atom. The monoisotopic (exact) mass is 370 g/mol. The third kappa shape index (κ3) is 4.17. The Hall–Kier alpha value is -1.92. The molecule has 0 bridgehead atoms. The third-order valence-corrected chi connectivity index (χ3v) is 5.71. The van der Waals surface area contributed by atoms with Gasteiger partial charge in [0, 0.05) is 30.4 Å². The molecule has 2 aliphatic rings. The number of fused-ring (bicyclic) bond motifs is 1. The van der Waals surface area contributed by atoms with Gasteiger partial charge in [-0.05, 0) is 57.7 Å². The molecule has 0 atom stereocenters. The molecule has 1 aromatic carbocycles. The van der Waals surface area contributed by atoms with Gasteiger partial charge in [0.15, 0.2) is 0 Å². The van der Waals surface area contributed by atoms with E-state index < -0.39 is 0 Å². The first kappa shape index (κ1) is 18.4. The number of nitrogen functional groups attached to an aromatic ring is 1. The number of morpholine rings is 1. The van der Waals surface area contributed by atoms with Crippen molar-refractivity contribution in [2.45, 2.75) is 57.6 Å². The number of nitrogens with two attached hydrogens (primary N) is 1. The van der Waals surface area contributed by atoms with Crippen molar-refractivity contribution in [2.75, 3.05) is 32.0 Å². The van der Waals surface area contributed by atoms with Gasteiger partial charge in [0.2, 0.25) is 0 Å². The summed E-state index contributed by atoms with van der Waals surface area (Å²) in [6, 6.07) is 6.59. The van der Waals surface area contributed by atoms with Crippen molar-refractivity contribution >= 4 is 16.7 Å². The van der Waals surface area contributed by atoms with E-state index in [2.05, 4.69) is 9.88 Å². The number of anilines is 1. The number of rotatable bonds is 4. The molecular formula is C21H30N4O2. The number of benzene rings is 1. The van der Waals surface area contributed by atoms with Crippen LogP contribution >= 0.6 is 0 Å². The van der Waals surface area contributed by atoms with Crippen LogP contribution in [0.4, 0.5) is 5.82 Å². The molecule has 0 spiro atoms. The molecule has 1 aromatic heterocycles. The molecule has 6 heteroatoms. The van der Waals surface area contributed by atoms with E-state index in [0.29, 0.717) is 17.8 Å². The van der Waals surface area contributed by atoms with Gasteiger partial charge >= 0.3 is 0 Å². The highest BCUT2D eigenvalue weighted by atomic mass is 16.5. The Balaban J connectivity index is 1.47. The van der Waals surface area contributed by atoms with Crippen LogP contribution in [0.25, 0.3) is 10.9 Å². The molecule has 2 aromatic rings. The number of ether oxygens (including phenoxy) is 2. The molecule has 1 aliphatic carbocycles. The summed E-state index contributed by atoms with van der Waals surface area (Å²) in [5.41, 5.74) is 7.19. The van der Waals surface area contributed by atoms with E-state index in [1.807, 2.05) is 32.0 Å². The second-order valence-corrected chi connectivity index (χ2v) is 7.97. The molecule has 1 saturated carbocycles. The largest absolute Gasteiger partial charge is 0.491 e. The van der Waals surface area contributed by atoms with Crippen molar-refractivity contribution in [1.29, 1.82) is 0 Å². The average molecular weight is 370 g/mol. The molecule has 4 rings (SSSR count). The number of nitrogens with zero attached hydrogens (tertiary/aromatic N) is 3. The molecule has 0 radical (unpaired) electrons. The lowest BCUT2D eigenvalue weighted by Gasteiger charge is -2.38. The fourth-order valence-corrected chi connectivity index (χ4v) is 4.32. The first-order chi connectivity index (χ1) is 13.1. The summed E-state index contributed by atoms with van der Waals surface area (Å²) in [6.45, 7) is 7.89. The zero-order valence-corrected chi connectivity index (χ0v) is 16.4. The second kappa shape index (κ2) is 7.98. The maximum Gasteiger partial charge on any atom is 0.135 e. The van der Waals surface area contributed by atoms with Gasteiger partial charge in [0.1, 0.15) is 17.4 Å². The minimum Gasteiger partial charge on any atom is -0.491 e. The van der Waals surface area contributed by atoms with Crippen LogP contribution in [0.3, 0.4) is 0 Å². The average Bonchev–Trinajstić information content (AvgIpc) is 2.69. The van der Waals surface area contributed by atoms with E-state index in [1.165, 1.54) is 12.8 Å². The van der Waals surface area contributed by atoms with Gasteiger partial charge in [0.25, 0.3) is 0 Å². The van der Waals surface area contributed by atoms with Gasteiger partial charge in [-0.1, -0.05) is 0 Å². The summed E-state index contributed by atoms with van der Waals surface area (Å²) in [7, 11) is 0. The van der Waals surface area contributed by atoms with Crippen LogP contribution in [-0.2, 0) is 4.74 Å². The van der Waals surface area contributed by atoms with Crippen LogP contribution in [-0.4, -0.2) is 53.3 Å². The molecule has 2 heterocycles. The van der Waals surface area contributed by atoms with Crippen molar-refractivity contribution in [2.24, 2.45) is 0 Å². The molecule has 0 unspecified atom stereocenters. The van der Waals surface area contributed by atoms with E-state index in [4.69, 9.17) is 20.2 Å². The minimum absolute atomic E-state index is 0.130. The van der Waals surface area contributed by atoms with E-state index in [9.17, 15) is 0 Å². The summed E-state index contributed by atoms with van der Waals surface area (Å²) in [5, 5.41) is 0.874. The van der Waals surface area contributed by atoms with Gasteiger partial charge < -0.3 is 15.2 Å². The van der Waals surface area contributed by atoms with E-state index in [1.54, 1.807) is 0 Å². The van der Waals surface area contributed by atoms with Gasteiger partial charge in [0.05, 0.1) is 24.8 Å². The highest BCUT2D eigenvalue weighted by Gasteiger charge is 2.29. The second-order valence-electron chi connectivity index (χ2n) is 7.97. The standard InChI is InChI=1S/C21H30N4O2/c1-14(2)27-17-7-8-19-18(13-17)20(22)24-21(23-19)15-3-5-16(6-4-15)25-9-11-26-12-10-25/h7-8,13-16H,3-6,9-12H2,1-2H3,(H2,22,23,24). The minimum atomic E-state index is 0.130. The highest BCUT2D eigenvalue weighted by Crippen LogP contribution is 2.35.